The van der Waals surface area contributed by atoms with Gasteiger partial charge < -0.3 is 15.0 Å². The number of hydrogen-bond acceptors (Lipinski definition) is 4. The first-order valence-corrected chi connectivity index (χ1v) is 8.76. The Hall–Kier alpha value is -1.77. The summed E-state index contributed by atoms with van der Waals surface area (Å²) < 4.78 is 5.42. The van der Waals surface area contributed by atoms with Gasteiger partial charge in [-0.25, -0.2) is 0 Å². The number of carbonyl (C=O) groups is 1. The second-order valence-corrected chi connectivity index (χ2v) is 6.28. The van der Waals surface area contributed by atoms with E-state index in [0.717, 1.165) is 38.0 Å². The first-order valence-electron chi connectivity index (χ1n) is 8.38. The van der Waals surface area contributed by atoms with E-state index in [2.05, 4.69) is 24.1 Å². The molecule has 0 unspecified atom stereocenters. The van der Waals surface area contributed by atoms with Gasteiger partial charge >= 0.3 is 0 Å². The van der Waals surface area contributed by atoms with Gasteiger partial charge in [-0.15, -0.1) is 0 Å². The van der Waals surface area contributed by atoms with Crippen LogP contribution in [0.25, 0.3) is 0 Å². The van der Waals surface area contributed by atoms with Crippen molar-refractivity contribution in [3.63, 3.8) is 0 Å². The van der Waals surface area contributed by atoms with E-state index in [9.17, 15) is 10.1 Å². The third-order valence-corrected chi connectivity index (χ3v) is 4.80. The van der Waals surface area contributed by atoms with Gasteiger partial charge in [0.05, 0.1) is 12.7 Å². The minimum Gasteiger partial charge on any atom is -0.495 e. The van der Waals surface area contributed by atoms with Crippen molar-refractivity contribution >= 4 is 17.5 Å². The Kier molecular flexibility index (Phi) is 6.47. The van der Waals surface area contributed by atoms with E-state index < -0.39 is 0 Å². The summed E-state index contributed by atoms with van der Waals surface area (Å²) in [6, 6.07) is 3.63. The molecule has 1 fully saturated rings. The molecule has 1 aliphatic rings. The molecule has 2 rings (SSSR count). The second-order valence-electron chi connectivity index (χ2n) is 5.90. The van der Waals surface area contributed by atoms with Crippen LogP contribution in [0.2, 0.25) is 5.02 Å². The number of carbonyl (C=O) groups excluding carboxylic acids is 1. The zero-order valence-corrected chi connectivity index (χ0v) is 15.2. The number of halogens is 1. The lowest BCUT2D eigenvalue weighted by molar-refractivity contribution is 0.0947. The van der Waals surface area contributed by atoms with Gasteiger partial charge in [-0.05, 0) is 37.9 Å². The van der Waals surface area contributed by atoms with E-state index >= 15 is 0 Å². The Morgan fingerprint density at radius 2 is 2.12 bits per heavy atom. The first kappa shape index (κ1) is 18.6. The van der Waals surface area contributed by atoms with Crippen molar-refractivity contribution in [3.8, 4) is 11.8 Å². The van der Waals surface area contributed by atoms with Crippen LogP contribution >= 0.6 is 11.6 Å². The normalized spacial score (nSPS) is 13.7. The maximum Gasteiger partial charge on any atom is 0.251 e. The number of benzene rings is 1. The fraction of sp³-hybridized carbons (Fsp3) is 0.556. The summed E-state index contributed by atoms with van der Waals surface area (Å²) in [6.07, 6.45) is 2.02. The molecule has 1 saturated carbocycles. The maximum absolute atomic E-state index is 12.7. The van der Waals surface area contributed by atoms with Crippen LogP contribution in [0.5, 0.6) is 5.75 Å². The van der Waals surface area contributed by atoms with Crippen LogP contribution in [0.3, 0.4) is 0 Å². The molecule has 0 aromatic heterocycles. The lowest BCUT2D eigenvalue weighted by atomic mass is 9.98. The zero-order valence-electron chi connectivity index (χ0n) is 14.5. The third kappa shape index (κ3) is 4.00. The van der Waals surface area contributed by atoms with Crippen molar-refractivity contribution in [2.75, 3.05) is 33.3 Å². The topological polar surface area (TPSA) is 65.4 Å². The van der Waals surface area contributed by atoms with Crippen molar-refractivity contribution in [2.24, 2.45) is 0 Å². The molecule has 0 spiro atoms. The number of ether oxygens (including phenoxy) is 1. The number of nitrogens with zero attached hydrogens (tertiary/aromatic N) is 2. The Morgan fingerprint density at radius 3 is 2.62 bits per heavy atom. The number of methoxy groups -OCH3 is 1. The van der Waals surface area contributed by atoms with Gasteiger partial charge in [0.25, 0.3) is 5.91 Å². The van der Waals surface area contributed by atoms with Gasteiger partial charge in [-0.2, -0.15) is 5.26 Å². The summed E-state index contributed by atoms with van der Waals surface area (Å²) in [6.45, 7) is 7.46. The molecule has 0 bridgehead atoms. The fourth-order valence-corrected chi connectivity index (χ4v) is 3.13. The molecule has 1 N–H and O–H groups in total. The number of hydrogen-bond donors (Lipinski definition) is 1. The average molecular weight is 350 g/mol. The molecule has 24 heavy (non-hydrogen) atoms. The Morgan fingerprint density at radius 1 is 1.46 bits per heavy atom. The lowest BCUT2D eigenvalue weighted by Gasteiger charge is -2.19. The molecule has 0 radical (unpaired) electrons. The predicted octanol–water partition coefficient (Wildman–Crippen LogP) is 3.17. The molecule has 1 aliphatic carbocycles. The molecule has 0 atom stereocenters. The summed E-state index contributed by atoms with van der Waals surface area (Å²) >= 11 is 6.26. The molecule has 1 aromatic rings. The van der Waals surface area contributed by atoms with Crippen LogP contribution in [0.1, 0.15) is 54.1 Å². The van der Waals surface area contributed by atoms with Crippen molar-refractivity contribution in [1.29, 1.82) is 5.26 Å². The highest BCUT2D eigenvalue weighted by Gasteiger charge is 2.33. The number of nitriles is 1. The van der Waals surface area contributed by atoms with Crippen LogP contribution in [-0.4, -0.2) is 44.1 Å². The van der Waals surface area contributed by atoms with Gasteiger partial charge in [-0.3, -0.25) is 4.79 Å². The van der Waals surface area contributed by atoms with E-state index in [0.29, 0.717) is 22.9 Å². The lowest BCUT2D eigenvalue weighted by Crippen LogP contribution is -2.35. The van der Waals surface area contributed by atoms with Crippen molar-refractivity contribution in [1.82, 2.24) is 10.2 Å². The molecule has 130 valence electrons. The van der Waals surface area contributed by atoms with Crippen LogP contribution in [-0.2, 0) is 0 Å². The minimum absolute atomic E-state index is 0.171. The highest BCUT2D eigenvalue weighted by atomic mass is 35.5. The van der Waals surface area contributed by atoms with Gasteiger partial charge in [0.2, 0.25) is 0 Å². The molecule has 1 aromatic carbocycles. The molecule has 6 heteroatoms. The monoisotopic (exact) mass is 349 g/mol. The fourth-order valence-electron chi connectivity index (χ4n) is 2.86. The molecule has 1 amide bonds. The van der Waals surface area contributed by atoms with E-state index in [4.69, 9.17) is 16.3 Å². The average Bonchev–Trinajstić information content (AvgIpc) is 3.42. The maximum atomic E-state index is 12.7. The molecular formula is C18H24ClN3O2. The van der Waals surface area contributed by atoms with Gasteiger partial charge in [0.15, 0.2) is 0 Å². The van der Waals surface area contributed by atoms with E-state index in [1.807, 2.05) is 6.07 Å². The van der Waals surface area contributed by atoms with Crippen molar-refractivity contribution < 1.29 is 9.53 Å². The summed E-state index contributed by atoms with van der Waals surface area (Å²) in [5, 5.41) is 12.5. The highest BCUT2D eigenvalue weighted by Crippen LogP contribution is 2.49. The Labute approximate surface area is 148 Å². The van der Waals surface area contributed by atoms with Crippen LogP contribution in [0, 0.1) is 11.3 Å². The van der Waals surface area contributed by atoms with E-state index in [1.165, 1.54) is 7.11 Å². The van der Waals surface area contributed by atoms with Crippen LogP contribution in [0.4, 0.5) is 0 Å². The van der Waals surface area contributed by atoms with Gasteiger partial charge in [0.1, 0.15) is 16.8 Å². The van der Waals surface area contributed by atoms with Crippen LogP contribution < -0.4 is 10.1 Å². The smallest absolute Gasteiger partial charge is 0.251 e. The molecular weight excluding hydrogens is 326 g/mol. The highest BCUT2D eigenvalue weighted by molar-refractivity contribution is 6.33. The second kappa shape index (κ2) is 8.36. The minimum atomic E-state index is -0.171. The molecule has 0 aliphatic heterocycles. The first-order chi connectivity index (χ1) is 11.6. The number of nitrogens with one attached hydrogen (secondary N) is 1. The largest absolute Gasteiger partial charge is 0.495 e. The Bertz CT molecular complexity index is 647. The predicted molar refractivity (Wildman–Crippen MR) is 94.8 cm³/mol. The Balaban J connectivity index is 2.25. The zero-order chi connectivity index (χ0) is 17.7. The number of likely N-dealkylation sites (N-methyl/N-ethyl adjacent to an activating group) is 1. The summed E-state index contributed by atoms with van der Waals surface area (Å²) in [5.41, 5.74) is 1.61. The number of amides is 1. The molecule has 0 saturated heterocycles. The van der Waals surface area contributed by atoms with Crippen molar-refractivity contribution in [2.45, 2.75) is 32.6 Å². The van der Waals surface area contributed by atoms with Gasteiger partial charge in [-0.1, -0.05) is 25.4 Å². The summed E-state index contributed by atoms with van der Waals surface area (Å²) in [7, 11) is 1.52. The summed E-state index contributed by atoms with van der Waals surface area (Å²) in [5.74, 6) is 0.580. The standard InChI is InChI=1S/C18H24ClN3O2/c1-4-22(5-2)9-8-21-18(23)14-10-13(11-20)16(19)17(24-3)15(14)12-6-7-12/h10,12H,4-9H2,1-3H3,(H,21,23). The number of rotatable bonds is 8. The van der Waals surface area contributed by atoms with Crippen molar-refractivity contribution in [3.05, 3.63) is 27.8 Å². The van der Waals surface area contributed by atoms with E-state index in [1.54, 1.807) is 6.07 Å². The SMILES string of the molecule is CCN(CC)CCNC(=O)c1cc(C#N)c(Cl)c(OC)c1C1CC1. The molecule has 0 heterocycles. The third-order valence-electron chi connectivity index (χ3n) is 4.42. The molecule has 5 nitrogen and oxygen atoms in total. The quantitative estimate of drug-likeness (QED) is 0.782. The van der Waals surface area contributed by atoms with E-state index in [-0.39, 0.29) is 17.4 Å². The summed E-state index contributed by atoms with van der Waals surface area (Å²) in [4.78, 5) is 14.9. The van der Waals surface area contributed by atoms with Crippen LogP contribution in [0.15, 0.2) is 6.07 Å². The van der Waals surface area contributed by atoms with Gasteiger partial charge in [0, 0.05) is 24.2 Å².